The van der Waals surface area contributed by atoms with Gasteiger partial charge in [0.05, 0.1) is 26.8 Å². The zero-order chi connectivity index (χ0) is 19.5. The summed E-state index contributed by atoms with van der Waals surface area (Å²) in [5.41, 5.74) is 2.37. The van der Waals surface area contributed by atoms with Crippen LogP contribution in [0.1, 0.15) is 30.0 Å². The van der Waals surface area contributed by atoms with Crippen molar-refractivity contribution >= 4 is 5.91 Å². The largest absolute Gasteiger partial charge is 0.493 e. The van der Waals surface area contributed by atoms with Crippen molar-refractivity contribution in [2.75, 3.05) is 40.4 Å². The first kappa shape index (κ1) is 18.7. The second-order valence-corrected chi connectivity index (χ2v) is 7.42. The van der Waals surface area contributed by atoms with Gasteiger partial charge in [-0.2, -0.15) is 5.10 Å². The standard InChI is InChI=1S/C20H27N5O3/c1-27-18-9-15-3-8-24(11-16(15)10-19(18)28-2)20(26)12-23-6-4-17(5-7-23)25-14-21-13-22-25/h9-10,13-14,17H,3-8,11-12H2,1-2H3. The van der Waals surface area contributed by atoms with E-state index in [-0.39, 0.29) is 5.91 Å². The minimum atomic E-state index is 0.194. The Balaban J connectivity index is 1.34. The van der Waals surface area contributed by atoms with Crippen LogP contribution >= 0.6 is 0 Å². The summed E-state index contributed by atoms with van der Waals surface area (Å²) in [6.45, 7) is 3.67. The molecule has 1 aromatic heterocycles. The lowest BCUT2D eigenvalue weighted by molar-refractivity contribution is -0.133. The summed E-state index contributed by atoms with van der Waals surface area (Å²) in [7, 11) is 3.29. The molecule has 0 bridgehead atoms. The number of carbonyl (C=O) groups excluding carboxylic acids is 1. The Bertz CT molecular complexity index is 815. The molecule has 0 unspecified atom stereocenters. The average molecular weight is 385 g/mol. The normalized spacial score (nSPS) is 18.0. The second kappa shape index (κ2) is 8.18. The van der Waals surface area contributed by atoms with Crippen LogP contribution in [0.5, 0.6) is 11.5 Å². The Hall–Kier alpha value is -2.61. The smallest absolute Gasteiger partial charge is 0.237 e. The number of nitrogens with zero attached hydrogens (tertiary/aromatic N) is 5. The van der Waals surface area contributed by atoms with Gasteiger partial charge >= 0.3 is 0 Å². The van der Waals surface area contributed by atoms with Gasteiger partial charge in [-0.25, -0.2) is 9.67 Å². The van der Waals surface area contributed by atoms with E-state index < -0.39 is 0 Å². The highest BCUT2D eigenvalue weighted by Gasteiger charge is 2.26. The number of hydrogen-bond donors (Lipinski definition) is 0. The molecule has 0 spiro atoms. The van der Waals surface area contributed by atoms with E-state index in [0.29, 0.717) is 24.9 Å². The Labute approximate surface area is 165 Å². The first-order chi connectivity index (χ1) is 13.7. The van der Waals surface area contributed by atoms with E-state index in [9.17, 15) is 4.79 Å². The van der Waals surface area contributed by atoms with Crippen molar-refractivity contribution in [2.45, 2.75) is 31.8 Å². The van der Waals surface area contributed by atoms with E-state index in [1.807, 2.05) is 21.7 Å². The molecule has 1 aromatic carbocycles. The van der Waals surface area contributed by atoms with Crippen LogP contribution < -0.4 is 9.47 Å². The summed E-state index contributed by atoms with van der Waals surface area (Å²) in [6, 6.07) is 4.42. The van der Waals surface area contributed by atoms with E-state index in [4.69, 9.17) is 9.47 Å². The molecular weight excluding hydrogens is 358 g/mol. The van der Waals surface area contributed by atoms with Gasteiger partial charge in [0, 0.05) is 26.2 Å². The van der Waals surface area contributed by atoms with E-state index in [1.165, 1.54) is 5.56 Å². The second-order valence-electron chi connectivity index (χ2n) is 7.42. The van der Waals surface area contributed by atoms with Gasteiger partial charge in [-0.1, -0.05) is 0 Å². The highest BCUT2D eigenvalue weighted by atomic mass is 16.5. The molecule has 4 rings (SSSR count). The molecule has 0 N–H and O–H groups in total. The molecule has 2 aliphatic rings. The summed E-state index contributed by atoms with van der Waals surface area (Å²) in [5, 5.41) is 4.24. The number of amides is 1. The fraction of sp³-hybridized carbons (Fsp3) is 0.550. The van der Waals surface area contributed by atoms with Crippen LogP contribution in [0.2, 0.25) is 0 Å². The molecule has 2 aromatic rings. The maximum Gasteiger partial charge on any atom is 0.237 e. The zero-order valence-electron chi connectivity index (χ0n) is 16.5. The number of likely N-dealkylation sites (tertiary alicyclic amines) is 1. The Morgan fingerprint density at radius 2 is 1.82 bits per heavy atom. The van der Waals surface area contributed by atoms with Gasteiger partial charge in [-0.15, -0.1) is 0 Å². The molecule has 28 heavy (non-hydrogen) atoms. The highest BCUT2D eigenvalue weighted by Crippen LogP contribution is 2.33. The zero-order valence-corrected chi connectivity index (χ0v) is 16.5. The summed E-state index contributed by atoms with van der Waals surface area (Å²) in [4.78, 5) is 21.1. The number of piperidine rings is 1. The summed E-state index contributed by atoms with van der Waals surface area (Å²) in [5.74, 6) is 1.65. The fourth-order valence-electron chi connectivity index (χ4n) is 4.14. The van der Waals surface area contributed by atoms with Crippen LogP contribution in [0.4, 0.5) is 0 Å². The first-order valence-corrected chi connectivity index (χ1v) is 9.76. The molecule has 0 atom stereocenters. The molecule has 1 amide bonds. The number of carbonyl (C=O) groups is 1. The Kier molecular flexibility index (Phi) is 5.47. The topological polar surface area (TPSA) is 72.7 Å². The van der Waals surface area contributed by atoms with Gasteiger partial charge in [-0.05, 0) is 42.5 Å². The minimum Gasteiger partial charge on any atom is -0.493 e. The third kappa shape index (κ3) is 3.82. The molecular formula is C20H27N5O3. The Morgan fingerprint density at radius 1 is 1.11 bits per heavy atom. The number of aromatic nitrogens is 3. The third-order valence-corrected chi connectivity index (χ3v) is 5.80. The van der Waals surface area contributed by atoms with Crippen LogP contribution in [0.3, 0.4) is 0 Å². The van der Waals surface area contributed by atoms with Crippen LogP contribution in [0, 0.1) is 0 Å². The van der Waals surface area contributed by atoms with Crippen molar-refractivity contribution < 1.29 is 14.3 Å². The molecule has 2 aliphatic heterocycles. The van der Waals surface area contributed by atoms with E-state index in [1.54, 1.807) is 26.9 Å². The summed E-state index contributed by atoms with van der Waals surface area (Å²) in [6.07, 6.45) is 6.19. The number of ether oxygens (including phenoxy) is 2. The molecule has 0 aliphatic carbocycles. The molecule has 1 fully saturated rings. The molecule has 150 valence electrons. The van der Waals surface area contributed by atoms with Crippen LogP contribution in [-0.2, 0) is 17.8 Å². The van der Waals surface area contributed by atoms with Gasteiger partial charge in [-0.3, -0.25) is 9.69 Å². The van der Waals surface area contributed by atoms with Crippen LogP contribution in [-0.4, -0.2) is 70.9 Å². The first-order valence-electron chi connectivity index (χ1n) is 9.76. The van der Waals surface area contributed by atoms with Crippen molar-refractivity contribution in [3.8, 4) is 11.5 Å². The molecule has 0 radical (unpaired) electrons. The van der Waals surface area contributed by atoms with Crippen LogP contribution in [0.25, 0.3) is 0 Å². The maximum absolute atomic E-state index is 12.9. The fourth-order valence-corrected chi connectivity index (χ4v) is 4.14. The average Bonchev–Trinajstić information content (AvgIpc) is 3.27. The van der Waals surface area contributed by atoms with E-state index in [2.05, 4.69) is 15.0 Å². The molecule has 8 nitrogen and oxygen atoms in total. The van der Waals surface area contributed by atoms with Crippen LogP contribution in [0.15, 0.2) is 24.8 Å². The number of rotatable bonds is 5. The molecule has 8 heteroatoms. The number of benzene rings is 1. The van der Waals surface area contributed by atoms with Crippen molar-refractivity contribution in [1.29, 1.82) is 0 Å². The number of methoxy groups -OCH3 is 2. The third-order valence-electron chi connectivity index (χ3n) is 5.80. The van der Waals surface area contributed by atoms with Gasteiger partial charge in [0.15, 0.2) is 11.5 Å². The maximum atomic E-state index is 12.9. The van der Waals surface area contributed by atoms with Gasteiger partial charge in [0.25, 0.3) is 0 Å². The van der Waals surface area contributed by atoms with E-state index in [0.717, 1.165) is 50.2 Å². The van der Waals surface area contributed by atoms with E-state index >= 15 is 0 Å². The molecule has 0 saturated carbocycles. The molecule has 3 heterocycles. The SMILES string of the molecule is COc1cc2c(cc1OC)CN(C(=O)CN1CCC(n3cncn3)CC1)CC2. The minimum absolute atomic E-state index is 0.194. The van der Waals surface area contributed by atoms with Crippen molar-refractivity contribution in [2.24, 2.45) is 0 Å². The monoisotopic (exact) mass is 385 g/mol. The quantitative estimate of drug-likeness (QED) is 0.777. The van der Waals surface area contributed by atoms with Gasteiger partial charge in [0.2, 0.25) is 5.91 Å². The van der Waals surface area contributed by atoms with Crippen molar-refractivity contribution in [3.05, 3.63) is 35.9 Å². The lowest BCUT2D eigenvalue weighted by Crippen LogP contribution is -2.45. The lowest BCUT2D eigenvalue weighted by Gasteiger charge is -2.34. The van der Waals surface area contributed by atoms with Crippen molar-refractivity contribution in [1.82, 2.24) is 24.6 Å². The Morgan fingerprint density at radius 3 is 2.46 bits per heavy atom. The molecule has 1 saturated heterocycles. The summed E-state index contributed by atoms with van der Waals surface area (Å²) < 4.78 is 12.7. The van der Waals surface area contributed by atoms with Crippen molar-refractivity contribution in [3.63, 3.8) is 0 Å². The summed E-state index contributed by atoms with van der Waals surface area (Å²) >= 11 is 0. The number of fused-ring (bicyclic) bond motifs is 1. The predicted octanol–water partition coefficient (Wildman–Crippen LogP) is 1.52. The number of hydrogen-bond acceptors (Lipinski definition) is 6. The lowest BCUT2D eigenvalue weighted by atomic mass is 9.98. The van der Waals surface area contributed by atoms with Gasteiger partial charge < -0.3 is 14.4 Å². The van der Waals surface area contributed by atoms with Gasteiger partial charge in [0.1, 0.15) is 12.7 Å². The predicted molar refractivity (Wildman–Crippen MR) is 103 cm³/mol. The highest BCUT2D eigenvalue weighted by molar-refractivity contribution is 5.78.